The second kappa shape index (κ2) is 5.30. The highest BCUT2D eigenvalue weighted by Crippen LogP contribution is 2.40. The number of rotatable bonds is 3. The minimum absolute atomic E-state index is 0.211. The van der Waals surface area contributed by atoms with E-state index in [1.165, 1.54) is 0 Å². The molecule has 92 valence electrons. The molecule has 1 aliphatic heterocycles. The Labute approximate surface area is 112 Å². The van der Waals surface area contributed by atoms with Gasteiger partial charge >= 0.3 is 0 Å². The molecule has 1 heterocycles. The molecule has 17 heavy (non-hydrogen) atoms. The second-order valence-corrected chi connectivity index (χ2v) is 5.03. The van der Waals surface area contributed by atoms with E-state index in [-0.39, 0.29) is 12.1 Å². The van der Waals surface area contributed by atoms with Crippen LogP contribution < -0.4 is 10.1 Å². The van der Waals surface area contributed by atoms with Gasteiger partial charge in [-0.15, -0.1) is 6.58 Å². The fourth-order valence-corrected chi connectivity index (χ4v) is 2.55. The average molecular weight is 272 g/mol. The van der Waals surface area contributed by atoms with Crippen molar-refractivity contribution in [3.63, 3.8) is 0 Å². The zero-order valence-electron chi connectivity index (χ0n) is 9.67. The molecule has 0 bridgehead atoms. The van der Waals surface area contributed by atoms with Crippen LogP contribution in [-0.2, 0) is 0 Å². The predicted molar refractivity (Wildman–Crippen MR) is 72.1 cm³/mol. The molecule has 0 saturated heterocycles. The Hall–Kier alpha value is -0.700. The van der Waals surface area contributed by atoms with Crippen molar-refractivity contribution in [3.05, 3.63) is 40.4 Å². The molecule has 0 saturated carbocycles. The van der Waals surface area contributed by atoms with E-state index in [0.717, 1.165) is 17.7 Å². The van der Waals surface area contributed by atoms with E-state index >= 15 is 0 Å². The predicted octanol–water partition coefficient (Wildman–Crippen LogP) is 3.98. The molecule has 0 amide bonds. The van der Waals surface area contributed by atoms with Crippen molar-refractivity contribution in [2.75, 3.05) is 6.61 Å². The summed E-state index contributed by atoms with van der Waals surface area (Å²) in [6.45, 7) is 6.50. The van der Waals surface area contributed by atoms with Gasteiger partial charge in [0, 0.05) is 29.1 Å². The van der Waals surface area contributed by atoms with Gasteiger partial charge in [-0.1, -0.05) is 29.3 Å². The zero-order valence-corrected chi connectivity index (χ0v) is 11.2. The van der Waals surface area contributed by atoms with Crippen molar-refractivity contribution in [1.82, 2.24) is 5.32 Å². The van der Waals surface area contributed by atoms with Gasteiger partial charge in [0.05, 0.1) is 11.6 Å². The quantitative estimate of drug-likeness (QED) is 0.840. The first-order valence-corrected chi connectivity index (χ1v) is 6.37. The molecular weight excluding hydrogens is 257 g/mol. The molecule has 0 spiro atoms. The van der Waals surface area contributed by atoms with Crippen LogP contribution in [-0.4, -0.2) is 12.6 Å². The van der Waals surface area contributed by atoms with Crippen molar-refractivity contribution >= 4 is 23.2 Å². The third kappa shape index (κ3) is 2.76. The summed E-state index contributed by atoms with van der Waals surface area (Å²) in [6.07, 6.45) is 2.78. The lowest BCUT2D eigenvalue weighted by molar-refractivity contribution is 0.250. The van der Waals surface area contributed by atoms with Crippen LogP contribution in [0.1, 0.15) is 24.9 Å². The highest BCUT2D eigenvalue weighted by Gasteiger charge is 2.24. The number of benzene rings is 1. The maximum absolute atomic E-state index is 6.13. The maximum atomic E-state index is 6.13. The summed E-state index contributed by atoms with van der Waals surface area (Å²) in [7, 11) is 0. The summed E-state index contributed by atoms with van der Waals surface area (Å²) in [5.74, 6) is 0.746. The van der Waals surface area contributed by atoms with Crippen LogP contribution in [0, 0.1) is 0 Å². The van der Waals surface area contributed by atoms with Crippen molar-refractivity contribution < 1.29 is 4.74 Å². The van der Waals surface area contributed by atoms with Crippen LogP contribution in [0.3, 0.4) is 0 Å². The molecule has 2 atom stereocenters. The van der Waals surface area contributed by atoms with Crippen molar-refractivity contribution in [2.45, 2.75) is 25.4 Å². The van der Waals surface area contributed by atoms with E-state index < -0.39 is 0 Å². The average Bonchev–Trinajstić information content (AvgIpc) is 2.30. The first-order chi connectivity index (χ1) is 8.11. The summed E-state index contributed by atoms with van der Waals surface area (Å²) in [5, 5.41) is 4.67. The van der Waals surface area contributed by atoms with Crippen LogP contribution in [0.4, 0.5) is 0 Å². The van der Waals surface area contributed by atoms with Gasteiger partial charge in [-0.3, -0.25) is 0 Å². The van der Waals surface area contributed by atoms with E-state index in [0.29, 0.717) is 16.7 Å². The summed E-state index contributed by atoms with van der Waals surface area (Å²) in [6, 6.07) is 4.07. The molecule has 1 aliphatic rings. The molecule has 2 unspecified atom stereocenters. The Morgan fingerprint density at radius 1 is 1.53 bits per heavy atom. The molecule has 1 aromatic carbocycles. The van der Waals surface area contributed by atoms with Crippen LogP contribution in [0.25, 0.3) is 0 Å². The van der Waals surface area contributed by atoms with E-state index in [2.05, 4.69) is 18.8 Å². The Morgan fingerprint density at radius 3 is 3.00 bits per heavy atom. The SMILES string of the molecule is C=CC(C)NC1CCOc2c(Cl)cc(Cl)cc21. The third-order valence-electron chi connectivity index (χ3n) is 2.88. The van der Waals surface area contributed by atoms with Crippen molar-refractivity contribution in [2.24, 2.45) is 0 Å². The van der Waals surface area contributed by atoms with Crippen molar-refractivity contribution in [3.8, 4) is 5.75 Å². The van der Waals surface area contributed by atoms with Crippen LogP contribution in [0.2, 0.25) is 10.0 Å². The van der Waals surface area contributed by atoms with E-state index in [1.807, 2.05) is 12.1 Å². The minimum atomic E-state index is 0.211. The van der Waals surface area contributed by atoms with Crippen LogP contribution in [0.15, 0.2) is 24.8 Å². The highest BCUT2D eigenvalue weighted by atomic mass is 35.5. The van der Waals surface area contributed by atoms with Crippen molar-refractivity contribution in [1.29, 1.82) is 0 Å². The molecule has 0 aliphatic carbocycles. The van der Waals surface area contributed by atoms with Gasteiger partial charge in [-0.25, -0.2) is 0 Å². The summed E-state index contributed by atoms with van der Waals surface area (Å²) in [5.41, 5.74) is 1.03. The van der Waals surface area contributed by atoms with Gasteiger partial charge in [0.25, 0.3) is 0 Å². The molecule has 1 N–H and O–H groups in total. The van der Waals surface area contributed by atoms with Gasteiger partial charge in [0.1, 0.15) is 5.75 Å². The Balaban J connectivity index is 2.33. The van der Waals surface area contributed by atoms with Gasteiger partial charge in [0.2, 0.25) is 0 Å². The molecule has 2 nitrogen and oxygen atoms in total. The largest absolute Gasteiger partial charge is 0.492 e. The van der Waals surface area contributed by atoms with Gasteiger partial charge in [-0.2, -0.15) is 0 Å². The van der Waals surface area contributed by atoms with Crippen LogP contribution in [0.5, 0.6) is 5.75 Å². The topological polar surface area (TPSA) is 21.3 Å². The lowest BCUT2D eigenvalue weighted by Gasteiger charge is -2.29. The lowest BCUT2D eigenvalue weighted by atomic mass is 9.99. The molecule has 1 aromatic rings. The minimum Gasteiger partial charge on any atom is -0.492 e. The molecule has 4 heteroatoms. The normalized spacial score (nSPS) is 20.3. The van der Waals surface area contributed by atoms with E-state index in [4.69, 9.17) is 27.9 Å². The first kappa shape index (κ1) is 12.7. The number of hydrogen-bond acceptors (Lipinski definition) is 2. The highest BCUT2D eigenvalue weighted by molar-refractivity contribution is 6.35. The number of hydrogen-bond donors (Lipinski definition) is 1. The van der Waals surface area contributed by atoms with Gasteiger partial charge in [-0.05, 0) is 19.1 Å². The molecular formula is C13H15Cl2NO. The van der Waals surface area contributed by atoms with E-state index in [9.17, 15) is 0 Å². The van der Waals surface area contributed by atoms with Gasteiger partial charge < -0.3 is 10.1 Å². The Morgan fingerprint density at radius 2 is 2.29 bits per heavy atom. The second-order valence-electron chi connectivity index (χ2n) is 4.19. The number of fused-ring (bicyclic) bond motifs is 1. The molecule has 2 rings (SSSR count). The number of halogens is 2. The standard InChI is InChI=1S/C13H15Cl2NO/c1-3-8(2)16-12-4-5-17-13-10(12)6-9(14)7-11(13)15/h3,6-8,12,16H,1,4-5H2,2H3. The Kier molecular flexibility index (Phi) is 3.97. The smallest absolute Gasteiger partial charge is 0.142 e. The van der Waals surface area contributed by atoms with E-state index in [1.54, 1.807) is 6.07 Å². The summed E-state index contributed by atoms with van der Waals surface area (Å²) >= 11 is 12.2. The zero-order chi connectivity index (χ0) is 12.4. The monoisotopic (exact) mass is 271 g/mol. The fourth-order valence-electron chi connectivity index (χ4n) is 1.98. The fraction of sp³-hybridized carbons (Fsp3) is 0.385. The first-order valence-electron chi connectivity index (χ1n) is 5.62. The third-order valence-corrected chi connectivity index (χ3v) is 3.38. The number of nitrogens with one attached hydrogen (secondary N) is 1. The number of ether oxygens (including phenoxy) is 1. The summed E-state index contributed by atoms with van der Waals surface area (Å²) in [4.78, 5) is 0. The molecule has 0 aromatic heterocycles. The molecule has 0 radical (unpaired) electrons. The van der Waals surface area contributed by atoms with Gasteiger partial charge in [0.15, 0.2) is 0 Å². The maximum Gasteiger partial charge on any atom is 0.142 e. The molecule has 0 fully saturated rings. The van der Waals surface area contributed by atoms with Crippen LogP contribution >= 0.6 is 23.2 Å². The Bertz CT molecular complexity index is 434. The lowest BCUT2D eigenvalue weighted by Crippen LogP contribution is -2.32. The summed E-state index contributed by atoms with van der Waals surface area (Å²) < 4.78 is 5.60.